The summed E-state index contributed by atoms with van der Waals surface area (Å²) in [6, 6.07) is 63.9. The molecule has 0 aliphatic carbocycles. The van der Waals surface area contributed by atoms with E-state index < -0.39 is 30.5 Å². The molecule has 13 rings (SSSR count). The average Bonchev–Trinajstić information content (AvgIpc) is 0.797. The third-order valence-corrected chi connectivity index (χ3v) is 15.3. The lowest BCUT2D eigenvalue weighted by molar-refractivity contribution is 0.0196. The van der Waals surface area contributed by atoms with Crippen LogP contribution in [0.1, 0.15) is 94.8 Å². The van der Waals surface area contributed by atoms with Crippen LogP contribution in [-0.4, -0.2) is 63.3 Å². The Kier molecular flexibility index (Phi) is 21.0. The molecule has 0 bridgehead atoms. The quantitative estimate of drug-likeness (QED) is 0.0428. The van der Waals surface area contributed by atoms with Gasteiger partial charge in [0.1, 0.15) is 90.4 Å². The molecule has 10 aromatic carbocycles. The van der Waals surface area contributed by atoms with Crippen LogP contribution in [0.3, 0.4) is 0 Å². The zero-order valence-corrected chi connectivity index (χ0v) is 51.2. The van der Waals surface area contributed by atoms with Gasteiger partial charge in [-0.1, -0.05) is 153 Å². The molecule has 0 spiro atoms. The number of hydrogen-bond donors (Lipinski definition) is 10. The van der Waals surface area contributed by atoms with Gasteiger partial charge in [-0.3, -0.25) is 0 Å². The smallest absolute Gasteiger partial charge is 0.181 e. The van der Waals surface area contributed by atoms with Crippen molar-refractivity contribution in [1.29, 1.82) is 0 Å². The summed E-state index contributed by atoms with van der Waals surface area (Å²) in [6.45, 7) is 7.71. The molecule has 0 saturated carbocycles. The molecule has 3 heterocycles. The number of phenolic OH excluding ortho intramolecular Hbond substituents is 8. The van der Waals surface area contributed by atoms with E-state index in [1.54, 1.807) is 0 Å². The summed E-state index contributed by atoms with van der Waals surface area (Å²) in [5, 5.41) is 96.6. The minimum absolute atomic E-state index is 0. The van der Waals surface area contributed by atoms with Gasteiger partial charge >= 0.3 is 0 Å². The van der Waals surface area contributed by atoms with E-state index in [-0.39, 0.29) is 71.8 Å². The van der Waals surface area contributed by atoms with E-state index in [9.17, 15) is 51.1 Å². The van der Waals surface area contributed by atoms with E-state index in [1.807, 2.05) is 148 Å². The van der Waals surface area contributed by atoms with Crippen LogP contribution in [0.4, 0.5) is 0 Å². The molecule has 0 aromatic heterocycles. The maximum Gasteiger partial charge on any atom is 0.181 e. The molecule has 5 atom stereocenters. The second-order valence-electron chi connectivity index (χ2n) is 22.0. The lowest BCUT2D eigenvalue weighted by Gasteiger charge is -2.31. The van der Waals surface area contributed by atoms with Gasteiger partial charge in [-0.25, -0.2) is 0 Å². The van der Waals surface area contributed by atoms with Gasteiger partial charge in [-0.15, -0.1) is 0 Å². The summed E-state index contributed by atoms with van der Waals surface area (Å²) in [4.78, 5) is 0. The molecule has 3 aliphatic heterocycles. The molecular weight excluding hydrogens is 1180 g/mol. The lowest BCUT2D eigenvalue weighted by Crippen LogP contribution is -2.30. The van der Waals surface area contributed by atoms with Crippen molar-refractivity contribution in [2.75, 3.05) is 0 Å². The maximum absolute atomic E-state index is 10.2. The number of benzene rings is 10. The average molecular weight is 1260 g/mol. The van der Waals surface area contributed by atoms with Gasteiger partial charge in [0.15, 0.2) is 40.6 Å². The third kappa shape index (κ3) is 16.3. The second-order valence-corrected chi connectivity index (χ2v) is 22.0. The summed E-state index contributed by atoms with van der Waals surface area (Å²) in [6.07, 6.45) is -1.59. The van der Waals surface area contributed by atoms with Crippen LogP contribution < -0.4 is 28.4 Å². The van der Waals surface area contributed by atoms with Gasteiger partial charge < -0.3 is 84.2 Å². The minimum Gasteiger partial charge on any atom is -0.508 e. The Morgan fingerprint density at radius 3 is 1.23 bits per heavy atom. The monoisotopic (exact) mass is 1260 g/mol. The molecule has 3 aliphatic rings. The number of aryl methyl sites for hydroxylation is 1. The van der Waals surface area contributed by atoms with Crippen molar-refractivity contribution in [1.82, 2.24) is 0 Å². The van der Waals surface area contributed by atoms with Crippen molar-refractivity contribution in [3.8, 4) is 80.5 Å². The molecule has 93 heavy (non-hydrogen) atoms. The number of rotatable bonds is 15. The van der Waals surface area contributed by atoms with Crippen LogP contribution in [0, 0.1) is 6.92 Å². The molecule has 10 aromatic rings. The molecule has 17 nitrogen and oxygen atoms in total. The highest BCUT2D eigenvalue weighted by Gasteiger charge is 2.35. The van der Waals surface area contributed by atoms with Crippen molar-refractivity contribution in [2.45, 2.75) is 90.6 Å². The molecule has 10 N–H and O–H groups in total. The number of phenols is 8. The zero-order valence-electron chi connectivity index (χ0n) is 51.2. The van der Waals surface area contributed by atoms with Gasteiger partial charge in [0.25, 0.3) is 0 Å². The Bertz CT molecular complexity index is 4050. The molecule has 0 amide bonds. The summed E-state index contributed by atoms with van der Waals surface area (Å²) in [7, 11) is 0. The SMILES string of the molecule is CC.Cc1cc(OCc2ccccc2)c2c(c1)O[C@H](c1ccc(OCc3ccccc3)c(OCc3ccccc3)c1)C(OCc1ccccc1)=C2.Oc1cc(O)c2c(c1)O[C@H](c1ccc(O)c(O)c1)[C@@H](O)C2.Oc1cc(O)c2c(c1)O[C@H](c1ccc(O)c(O)c1)[C@H](O)C2.[HH]. The first kappa shape index (κ1) is 64.8. The van der Waals surface area contributed by atoms with Crippen LogP contribution in [0.15, 0.2) is 218 Å². The number of hydrogen-bond acceptors (Lipinski definition) is 17. The molecule has 0 fully saturated rings. The molecule has 0 unspecified atom stereocenters. The molecule has 0 radical (unpaired) electrons. The topological polar surface area (TPSA) is 267 Å². The van der Waals surface area contributed by atoms with E-state index in [2.05, 4.69) is 30.3 Å². The van der Waals surface area contributed by atoms with Crippen LogP contribution in [0.5, 0.6) is 80.5 Å². The fraction of sp³-hybridized carbons (Fsp3) is 0.184. The Morgan fingerprint density at radius 1 is 0.376 bits per heavy atom. The predicted octanol–water partition coefficient (Wildman–Crippen LogP) is 14.8. The number of aliphatic hydroxyl groups excluding tert-OH is 2. The third-order valence-electron chi connectivity index (χ3n) is 15.3. The number of aliphatic hydroxyl groups is 2. The fourth-order valence-corrected chi connectivity index (χ4v) is 10.6. The van der Waals surface area contributed by atoms with E-state index in [1.165, 1.54) is 60.7 Å². The molecule has 480 valence electrons. The van der Waals surface area contributed by atoms with Gasteiger partial charge in [0.05, 0.1) is 17.8 Å². The first-order chi connectivity index (χ1) is 45.1. The number of aromatic hydroxyl groups is 8. The molecular formula is C76H74O17. The van der Waals surface area contributed by atoms with Crippen molar-refractivity contribution < 1.29 is 85.6 Å². The summed E-state index contributed by atoms with van der Waals surface area (Å²) >= 11 is 0. The highest BCUT2D eigenvalue weighted by atomic mass is 16.5. The van der Waals surface area contributed by atoms with E-state index in [0.29, 0.717) is 65.9 Å². The number of ether oxygens (including phenoxy) is 7. The van der Waals surface area contributed by atoms with Crippen molar-refractivity contribution in [3.05, 3.63) is 279 Å². The Labute approximate surface area is 539 Å². The second kappa shape index (κ2) is 30.1. The molecule has 0 saturated heterocycles. The summed E-state index contributed by atoms with van der Waals surface area (Å²) in [5.41, 5.74) is 8.86. The lowest BCUT2D eigenvalue weighted by atomic mass is 9.94. The zero-order chi connectivity index (χ0) is 65.5. The maximum atomic E-state index is 10.2. The normalized spacial score (nSPS) is 16.4. The van der Waals surface area contributed by atoms with Crippen molar-refractivity contribution >= 4 is 6.08 Å². The van der Waals surface area contributed by atoms with Crippen molar-refractivity contribution in [3.63, 3.8) is 0 Å². The fourth-order valence-electron chi connectivity index (χ4n) is 10.6. The van der Waals surface area contributed by atoms with Crippen molar-refractivity contribution in [2.24, 2.45) is 0 Å². The van der Waals surface area contributed by atoms with E-state index in [4.69, 9.17) is 33.2 Å². The Balaban J connectivity index is 0.000000190. The van der Waals surface area contributed by atoms with Gasteiger partial charge in [-0.05, 0) is 100 Å². The first-order valence-electron chi connectivity index (χ1n) is 30.3. The van der Waals surface area contributed by atoms with Crippen LogP contribution in [0.2, 0.25) is 0 Å². The largest absolute Gasteiger partial charge is 0.508 e. The highest BCUT2D eigenvalue weighted by Crippen LogP contribution is 2.47. The van der Waals surface area contributed by atoms with Crippen LogP contribution >= 0.6 is 0 Å². The van der Waals surface area contributed by atoms with Gasteiger partial charge in [0, 0.05) is 55.2 Å². The number of fused-ring (bicyclic) bond motifs is 3. The Hall–Kier alpha value is -11.1. The Morgan fingerprint density at radius 2 is 0.785 bits per heavy atom. The predicted molar refractivity (Wildman–Crippen MR) is 351 cm³/mol. The summed E-state index contributed by atoms with van der Waals surface area (Å²) in [5.74, 6) is 2.26. The van der Waals surface area contributed by atoms with Gasteiger partial charge in [-0.2, -0.15) is 0 Å². The molecule has 17 heteroatoms. The van der Waals surface area contributed by atoms with Crippen LogP contribution in [0.25, 0.3) is 6.08 Å². The standard InChI is InChI=1S/C44H38O5.2C15H14O6.C2H6.H2/c1-32-24-40(46-29-34-16-8-3-9-17-34)38-27-43(48-31-36-20-12-5-13-21-36)44(49-41(38)25-32)37-22-23-39(45-28-33-14-6-2-7-15-33)42(26-37)47-30-35-18-10-4-11-19-35;2*16-8-4-11(18)9-6-13(20)15(21-14(9)5-8)7-1-2-10(17)12(19)3-7;1-2;/h2-27,44H,28-31H2,1H3;2*1-5,13,15-20H,6H2;1-2H3;1H/t44-;13-,15+;13-,15-;;/m101../s1. The first-order valence-corrected chi connectivity index (χ1v) is 30.3. The minimum atomic E-state index is -0.933. The highest BCUT2D eigenvalue weighted by molar-refractivity contribution is 5.70. The van der Waals surface area contributed by atoms with E-state index >= 15 is 0 Å². The van der Waals surface area contributed by atoms with Crippen LogP contribution in [-0.2, 0) is 44.0 Å². The van der Waals surface area contributed by atoms with Gasteiger partial charge in [0.2, 0.25) is 0 Å². The van der Waals surface area contributed by atoms with E-state index in [0.717, 1.165) is 50.4 Å². The summed E-state index contributed by atoms with van der Waals surface area (Å²) < 4.78 is 43.7.